The van der Waals surface area contributed by atoms with Crippen molar-refractivity contribution in [3.05, 3.63) is 41.5 Å². The molecule has 3 rings (SSSR count). The lowest BCUT2D eigenvalue weighted by atomic mass is 9.73. The molecule has 0 saturated heterocycles. The highest BCUT2D eigenvalue weighted by Crippen LogP contribution is 2.48. The second kappa shape index (κ2) is 6.66. The molecule has 0 N–H and O–H groups in total. The Kier molecular flexibility index (Phi) is 4.79. The number of fused-ring (bicyclic) bond motifs is 1. The summed E-state index contributed by atoms with van der Waals surface area (Å²) >= 11 is 11.5. The molecule has 5 heteroatoms. The molecule has 0 aromatic heterocycles. The number of hydrogen-bond acceptors (Lipinski definition) is 2. The maximum atomic E-state index is 12.3. The fourth-order valence-corrected chi connectivity index (χ4v) is 4.07. The SMILES string of the molecule is O=C(CCl)N(C(=O)CCl)C1=CC2(CCCC2)Cc2ccccc21. The number of carbonyl (C=O) groups excluding carboxylic acids is 2. The van der Waals surface area contributed by atoms with Crippen molar-refractivity contribution >= 4 is 40.7 Å². The van der Waals surface area contributed by atoms with Gasteiger partial charge in [-0.05, 0) is 30.2 Å². The predicted octanol–water partition coefficient (Wildman–Crippen LogP) is 3.98. The van der Waals surface area contributed by atoms with Gasteiger partial charge in [-0.2, -0.15) is 0 Å². The third-order valence-electron chi connectivity index (χ3n) is 4.85. The molecule has 23 heavy (non-hydrogen) atoms. The Morgan fingerprint density at radius 1 is 1.04 bits per heavy atom. The lowest BCUT2D eigenvalue weighted by Crippen LogP contribution is -2.39. The molecule has 1 saturated carbocycles. The van der Waals surface area contributed by atoms with Gasteiger partial charge in [-0.1, -0.05) is 43.2 Å². The molecule has 0 radical (unpaired) electrons. The van der Waals surface area contributed by atoms with E-state index in [0.29, 0.717) is 5.70 Å². The second-order valence-electron chi connectivity index (χ2n) is 6.32. The molecule has 1 aromatic rings. The van der Waals surface area contributed by atoms with Gasteiger partial charge >= 0.3 is 0 Å². The summed E-state index contributed by atoms with van der Waals surface area (Å²) in [4.78, 5) is 25.8. The fourth-order valence-electron chi connectivity index (χ4n) is 3.83. The average Bonchev–Trinajstić information content (AvgIpc) is 3.02. The van der Waals surface area contributed by atoms with Gasteiger partial charge in [-0.3, -0.25) is 9.59 Å². The maximum absolute atomic E-state index is 12.3. The van der Waals surface area contributed by atoms with Crippen molar-refractivity contribution in [1.82, 2.24) is 4.90 Å². The highest BCUT2D eigenvalue weighted by Gasteiger charge is 2.39. The Labute approximate surface area is 146 Å². The molecule has 2 amide bonds. The quantitative estimate of drug-likeness (QED) is 0.772. The summed E-state index contributed by atoms with van der Waals surface area (Å²) in [5.41, 5.74) is 2.81. The molecule has 2 aliphatic rings. The molecule has 0 bridgehead atoms. The topological polar surface area (TPSA) is 37.4 Å². The molecule has 3 nitrogen and oxygen atoms in total. The Balaban J connectivity index is 2.13. The van der Waals surface area contributed by atoms with Gasteiger partial charge in [0.1, 0.15) is 11.8 Å². The lowest BCUT2D eigenvalue weighted by molar-refractivity contribution is -0.137. The van der Waals surface area contributed by atoms with Crippen LogP contribution in [0.15, 0.2) is 30.3 Å². The van der Waals surface area contributed by atoms with E-state index in [-0.39, 0.29) is 17.2 Å². The zero-order chi connectivity index (χ0) is 16.4. The Hall–Kier alpha value is -1.32. The highest BCUT2D eigenvalue weighted by molar-refractivity contribution is 6.33. The molecule has 0 atom stereocenters. The normalized spacial score (nSPS) is 18.4. The van der Waals surface area contributed by atoms with Gasteiger partial charge in [0, 0.05) is 5.56 Å². The molecule has 1 spiro atoms. The standard InChI is InChI=1S/C18H19Cl2NO2/c19-11-16(22)21(17(23)12-20)15-10-18(7-3-4-8-18)9-13-5-1-2-6-14(13)15/h1-2,5-6,10H,3-4,7-9,11-12H2. The number of alkyl halides is 2. The Morgan fingerprint density at radius 3 is 2.26 bits per heavy atom. The van der Waals surface area contributed by atoms with Crippen LogP contribution in [0.25, 0.3) is 5.70 Å². The van der Waals surface area contributed by atoms with Crippen LogP contribution in [0.3, 0.4) is 0 Å². The summed E-state index contributed by atoms with van der Waals surface area (Å²) in [5, 5.41) is 0. The molecule has 0 aliphatic heterocycles. The first-order valence-electron chi connectivity index (χ1n) is 7.89. The van der Waals surface area contributed by atoms with Crippen LogP contribution in [0.5, 0.6) is 0 Å². The van der Waals surface area contributed by atoms with Crippen LogP contribution in [0.2, 0.25) is 0 Å². The summed E-state index contributed by atoms with van der Waals surface area (Å²) in [6.45, 7) is 0. The predicted molar refractivity (Wildman–Crippen MR) is 92.3 cm³/mol. The smallest absolute Gasteiger partial charge is 0.248 e. The molecule has 0 heterocycles. The van der Waals surface area contributed by atoms with Gasteiger partial charge in [-0.15, -0.1) is 23.2 Å². The summed E-state index contributed by atoms with van der Waals surface area (Å²) in [5.74, 6) is -1.33. The molecule has 0 unspecified atom stereocenters. The summed E-state index contributed by atoms with van der Waals surface area (Å²) in [7, 11) is 0. The van der Waals surface area contributed by atoms with E-state index in [1.54, 1.807) is 0 Å². The first-order valence-corrected chi connectivity index (χ1v) is 8.96. The number of hydrogen-bond donors (Lipinski definition) is 0. The highest BCUT2D eigenvalue weighted by atomic mass is 35.5. The zero-order valence-electron chi connectivity index (χ0n) is 12.9. The minimum atomic E-state index is -0.423. The van der Waals surface area contributed by atoms with E-state index in [1.807, 2.05) is 18.2 Å². The summed E-state index contributed by atoms with van der Waals surface area (Å²) in [6.07, 6.45) is 7.62. The summed E-state index contributed by atoms with van der Waals surface area (Å²) in [6, 6.07) is 7.96. The van der Waals surface area contributed by atoms with E-state index in [4.69, 9.17) is 23.2 Å². The van der Waals surface area contributed by atoms with Gasteiger partial charge < -0.3 is 0 Å². The van der Waals surface area contributed by atoms with Crippen molar-refractivity contribution in [2.24, 2.45) is 5.41 Å². The largest absolute Gasteiger partial charge is 0.273 e. The van der Waals surface area contributed by atoms with E-state index in [2.05, 4.69) is 12.1 Å². The minimum absolute atomic E-state index is 0.0428. The zero-order valence-corrected chi connectivity index (χ0v) is 14.4. The van der Waals surface area contributed by atoms with E-state index in [0.717, 1.165) is 24.8 Å². The molecule has 1 fully saturated rings. The van der Waals surface area contributed by atoms with E-state index >= 15 is 0 Å². The number of carbonyl (C=O) groups is 2. The molecule has 1 aromatic carbocycles. The molecule has 2 aliphatic carbocycles. The van der Waals surface area contributed by atoms with Crippen LogP contribution in [-0.2, 0) is 16.0 Å². The van der Waals surface area contributed by atoms with Crippen molar-refractivity contribution in [3.63, 3.8) is 0 Å². The van der Waals surface area contributed by atoms with E-state index in [9.17, 15) is 9.59 Å². The number of nitrogens with zero attached hydrogens (tertiary/aromatic N) is 1. The van der Waals surface area contributed by atoms with Crippen molar-refractivity contribution < 1.29 is 9.59 Å². The minimum Gasteiger partial charge on any atom is -0.273 e. The van der Waals surface area contributed by atoms with Gasteiger partial charge in [0.2, 0.25) is 11.8 Å². The molecular weight excluding hydrogens is 333 g/mol. The van der Waals surface area contributed by atoms with Gasteiger partial charge in [0.05, 0.1) is 5.70 Å². The van der Waals surface area contributed by atoms with Crippen LogP contribution >= 0.6 is 23.2 Å². The van der Waals surface area contributed by atoms with Gasteiger partial charge in [0.25, 0.3) is 0 Å². The Bertz CT molecular complexity index is 647. The monoisotopic (exact) mass is 351 g/mol. The fraction of sp³-hybridized carbons (Fsp3) is 0.444. The van der Waals surface area contributed by atoms with Gasteiger partial charge in [0.15, 0.2) is 0 Å². The number of benzene rings is 1. The Morgan fingerprint density at radius 2 is 1.65 bits per heavy atom. The van der Waals surface area contributed by atoms with E-state index < -0.39 is 11.8 Å². The van der Waals surface area contributed by atoms with Crippen molar-refractivity contribution in [3.8, 4) is 0 Å². The van der Waals surface area contributed by atoms with Crippen molar-refractivity contribution in [2.75, 3.05) is 11.8 Å². The second-order valence-corrected chi connectivity index (χ2v) is 6.86. The van der Waals surface area contributed by atoms with Gasteiger partial charge in [-0.25, -0.2) is 4.90 Å². The lowest BCUT2D eigenvalue weighted by Gasteiger charge is -2.36. The number of allylic oxidation sites excluding steroid dienone is 1. The average molecular weight is 352 g/mol. The number of rotatable bonds is 3. The third kappa shape index (κ3) is 3.05. The number of amides is 2. The van der Waals surface area contributed by atoms with Crippen LogP contribution < -0.4 is 0 Å². The first-order chi connectivity index (χ1) is 11.1. The van der Waals surface area contributed by atoms with Crippen LogP contribution in [-0.4, -0.2) is 28.5 Å². The van der Waals surface area contributed by atoms with E-state index in [1.165, 1.54) is 23.3 Å². The number of halogens is 2. The van der Waals surface area contributed by atoms with Crippen LogP contribution in [0.4, 0.5) is 0 Å². The first kappa shape index (κ1) is 16.5. The van der Waals surface area contributed by atoms with Crippen LogP contribution in [0, 0.1) is 5.41 Å². The summed E-state index contributed by atoms with van der Waals surface area (Å²) < 4.78 is 0. The molecule has 122 valence electrons. The maximum Gasteiger partial charge on any atom is 0.248 e. The van der Waals surface area contributed by atoms with Crippen molar-refractivity contribution in [2.45, 2.75) is 32.1 Å². The third-order valence-corrected chi connectivity index (χ3v) is 5.30. The van der Waals surface area contributed by atoms with Crippen LogP contribution in [0.1, 0.15) is 36.8 Å². The number of imide groups is 1. The van der Waals surface area contributed by atoms with Crippen molar-refractivity contribution in [1.29, 1.82) is 0 Å². The molecular formula is C18H19Cl2NO2.